The molecule has 2 aromatic rings. The summed E-state index contributed by atoms with van der Waals surface area (Å²) >= 11 is 0. The summed E-state index contributed by atoms with van der Waals surface area (Å²) in [4.78, 5) is 0. The van der Waals surface area contributed by atoms with Crippen molar-refractivity contribution in [1.82, 2.24) is 0 Å². The Kier molecular flexibility index (Phi) is 13.1. The van der Waals surface area contributed by atoms with Crippen LogP contribution in [-0.2, 0) is 36.0 Å². The Morgan fingerprint density at radius 3 is 1.56 bits per heavy atom. The van der Waals surface area contributed by atoms with Gasteiger partial charge in [-0.25, -0.2) is 8.78 Å². The van der Waals surface area contributed by atoms with Crippen molar-refractivity contribution in [2.24, 2.45) is 34.5 Å². The number of aliphatic hydroxyl groups is 2. The van der Waals surface area contributed by atoms with Gasteiger partial charge in [-0.1, -0.05) is 52.0 Å². The molecule has 2 N–H and O–H groups in total. The van der Waals surface area contributed by atoms with Gasteiger partial charge in [-0.15, -0.1) is 0 Å². The third-order valence-electron chi connectivity index (χ3n) is 14.5. The summed E-state index contributed by atoms with van der Waals surface area (Å²) in [6.07, 6.45) is 5.27. The van der Waals surface area contributed by atoms with E-state index in [1.165, 1.54) is 30.7 Å². The molecule has 2 heterocycles. The molecule has 4 bridgehead atoms. The van der Waals surface area contributed by atoms with Gasteiger partial charge >= 0.3 is 14.2 Å². The maximum atomic E-state index is 13.0. The molecule has 10 rings (SSSR count). The molecule has 2 aromatic carbocycles. The lowest BCUT2D eigenvalue weighted by Gasteiger charge is -2.64. The summed E-state index contributed by atoms with van der Waals surface area (Å²) < 4.78 is 54.7. The molecule has 7 nitrogen and oxygen atoms in total. The minimum absolute atomic E-state index is 0.150. The lowest BCUT2D eigenvalue weighted by Crippen LogP contribution is -2.66. The van der Waals surface area contributed by atoms with Gasteiger partial charge in [0.1, 0.15) is 17.2 Å². The fraction of sp³-hybridized carbons (Fsp3) is 0.705. The monoisotopic (exact) mass is 768 g/mol. The molecule has 2 saturated heterocycles. The Balaban J connectivity index is 0.000000154. The van der Waals surface area contributed by atoms with Crippen LogP contribution in [0, 0.1) is 53.1 Å². The van der Waals surface area contributed by atoms with Crippen LogP contribution in [0.1, 0.15) is 113 Å². The molecule has 2 aliphatic heterocycles. The number of benzene rings is 2. The summed E-state index contributed by atoms with van der Waals surface area (Å²) in [5.74, 6) is 1.84. The zero-order valence-electron chi connectivity index (χ0n) is 35.3. The van der Waals surface area contributed by atoms with Gasteiger partial charge in [0, 0.05) is 32.8 Å². The van der Waals surface area contributed by atoms with Gasteiger partial charge < -0.3 is 33.6 Å². The van der Waals surface area contributed by atoms with E-state index in [9.17, 15) is 19.0 Å². The average Bonchev–Trinajstić information content (AvgIpc) is 3.54. The molecular weight excluding hydrogens is 700 g/mol. The van der Waals surface area contributed by atoms with E-state index in [4.69, 9.17) is 23.4 Å². The van der Waals surface area contributed by atoms with Crippen molar-refractivity contribution in [1.29, 1.82) is 0 Å². The first-order valence-electron chi connectivity index (χ1n) is 20.5. The lowest BCUT2D eigenvalue weighted by atomic mass is 9.43. The highest BCUT2D eigenvalue weighted by atomic mass is 19.1. The van der Waals surface area contributed by atoms with Gasteiger partial charge in [0.25, 0.3) is 0 Å². The van der Waals surface area contributed by atoms with Crippen LogP contribution in [0.2, 0.25) is 0 Å². The number of halogens is 2. The van der Waals surface area contributed by atoms with Crippen molar-refractivity contribution in [2.45, 2.75) is 149 Å². The van der Waals surface area contributed by atoms with Crippen LogP contribution in [0.25, 0.3) is 0 Å². The molecule has 6 saturated carbocycles. The Hall–Kier alpha value is -1.98. The zero-order chi connectivity index (χ0) is 40.8. The molecule has 0 radical (unpaired) electrons. The molecule has 0 spiro atoms. The van der Waals surface area contributed by atoms with Crippen molar-refractivity contribution in [3.8, 4) is 0 Å². The Bertz CT molecular complexity index is 1550. The summed E-state index contributed by atoms with van der Waals surface area (Å²) in [6.45, 7) is 28.7. The third kappa shape index (κ3) is 9.04. The Labute approximate surface area is 330 Å². The Morgan fingerprint density at radius 2 is 1.16 bits per heavy atom. The maximum Gasteiger partial charge on any atom is 0.465 e. The molecule has 9 atom stereocenters. The van der Waals surface area contributed by atoms with Crippen molar-refractivity contribution < 1.29 is 42.3 Å². The van der Waals surface area contributed by atoms with E-state index >= 15 is 0 Å². The molecule has 304 valence electrons. The third-order valence-corrected chi connectivity index (χ3v) is 14.5. The van der Waals surface area contributed by atoms with E-state index < -0.39 is 22.9 Å². The standard InChI is InChI=1S/C17H22BFO2.C13H17BFO2.C10H18O2.C4H10O/c1-16(2)12-8-14(16)17(3)15(9-12)20-18(21-17)10-11-4-6-13(19)7-5-11;1-12(2)13(3,4)17-14(16-12)9-10-5-7-11(15)8-6-10;1-9(2)6-4-7(9)10(3,12)8(11)5-6;1-3-5-4-2/h4-7,12,14-15H,8-10H2,1-3H3;5-8H,1,9H2,2-4H3;6-8,11-12H,4-5H2,1-3H3;3-4H2,1-2H3/q;+1;;/t12-,14-,15+,17-;;6-,7-,8+,10-;/m0.0./s1. The highest BCUT2D eigenvalue weighted by Crippen LogP contribution is 2.66. The van der Waals surface area contributed by atoms with Crippen molar-refractivity contribution in [3.63, 3.8) is 0 Å². The van der Waals surface area contributed by atoms with Crippen LogP contribution in [0.3, 0.4) is 0 Å². The number of hydrogen-bond donors (Lipinski definition) is 2. The van der Waals surface area contributed by atoms with E-state index in [0.29, 0.717) is 35.8 Å². The number of fused-ring (bicyclic) bond motifs is 2. The molecule has 0 amide bonds. The van der Waals surface area contributed by atoms with Gasteiger partial charge in [-0.2, -0.15) is 0 Å². The summed E-state index contributed by atoms with van der Waals surface area (Å²) in [6, 6.07) is 13.0. The van der Waals surface area contributed by atoms with Crippen molar-refractivity contribution in [3.05, 3.63) is 78.2 Å². The van der Waals surface area contributed by atoms with Gasteiger partial charge in [0.05, 0.1) is 30.3 Å². The molecule has 0 aromatic heterocycles. The molecule has 6 aliphatic carbocycles. The largest absolute Gasteiger partial charge is 0.465 e. The van der Waals surface area contributed by atoms with Crippen molar-refractivity contribution >= 4 is 14.2 Å². The van der Waals surface area contributed by atoms with Crippen LogP contribution in [0.4, 0.5) is 8.78 Å². The quantitative estimate of drug-likeness (QED) is 0.225. The molecular formula is C44H67B2F2O7+. The highest BCUT2D eigenvalue weighted by Gasteiger charge is 2.68. The predicted octanol–water partition coefficient (Wildman–Crippen LogP) is 8.66. The summed E-state index contributed by atoms with van der Waals surface area (Å²) in [5.41, 5.74) is 0.693. The fourth-order valence-electron chi connectivity index (χ4n) is 10.0. The first-order chi connectivity index (χ1) is 25.5. The van der Waals surface area contributed by atoms with Crippen LogP contribution in [0.5, 0.6) is 0 Å². The first kappa shape index (κ1) is 44.1. The van der Waals surface area contributed by atoms with E-state index in [2.05, 4.69) is 41.5 Å². The number of rotatable bonds is 6. The van der Waals surface area contributed by atoms with E-state index in [1.54, 1.807) is 19.1 Å². The van der Waals surface area contributed by atoms with Gasteiger partial charge in [-0.05, 0) is 137 Å². The molecule has 8 fully saturated rings. The Morgan fingerprint density at radius 1 is 0.691 bits per heavy atom. The van der Waals surface area contributed by atoms with E-state index in [0.717, 1.165) is 49.5 Å². The molecule has 55 heavy (non-hydrogen) atoms. The molecule has 8 aliphatic rings. The van der Waals surface area contributed by atoms with Gasteiger partial charge in [0.15, 0.2) is 0 Å². The van der Waals surface area contributed by atoms with Gasteiger partial charge in [-0.3, -0.25) is 0 Å². The topological polar surface area (TPSA) is 86.6 Å². The average molecular weight is 768 g/mol. The first-order valence-corrected chi connectivity index (χ1v) is 20.5. The number of ether oxygens (including phenoxy) is 1. The van der Waals surface area contributed by atoms with Crippen LogP contribution in [-0.4, -0.2) is 72.3 Å². The minimum Gasteiger partial charge on any atom is -0.405 e. The fourth-order valence-corrected chi connectivity index (χ4v) is 10.0. The second-order valence-electron chi connectivity index (χ2n) is 19.0. The van der Waals surface area contributed by atoms with E-state index in [-0.39, 0.29) is 43.0 Å². The number of aliphatic hydroxyl groups excluding tert-OH is 1. The lowest BCUT2D eigenvalue weighted by molar-refractivity contribution is -0.245. The summed E-state index contributed by atoms with van der Waals surface area (Å²) in [7, 11) is -0.515. The summed E-state index contributed by atoms with van der Waals surface area (Å²) in [5, 5.41) is 19.7. The zero-order valence-corrected chi connectivity index (χ0v) is 35.3. The predicted molar refractivity (Wildman–Crippen MR) is 215 cm³/mol. The van der Waals surface area contributed by atoms with Gasteiger partial charge in [0.2, 0.25) is 5.60 Å². The normalized spacial score (nSPS) is 36.7. The van der Waals surface area contributed by atoms with Crippen LogP contribution in [0.15, 0.2) is 48.5 Å². The maximum absolute atomic E-state index is 13.0. The smallest absolute Gasteiger partial charge is 0.405 e. The highest BCUT2D eigenvalue weighted by molar-refractivity contribution is 6.45. The van der Waals surface area contributed by atoms with Crippen molar-refractivity contribution in [2.75, 3.05) is 13.2 Å². The SMILES string of the molecule is CC1(C)[C@@H]2C[C@@H](O)[C@@](C)(O)[C@H]1C2.CC1(C)[C@@H]2C[C@H]3OB(Cc4ccc(F)cc4)O[C@@]3(C)[C@H]1C2.CCOCC.[CH2+]C1(C)OB(Cc2ccc(F)cc2)OC1(C)C. The van der Waals surface area contributed by atoms with E-state index in [1.807, 2.05) is 46.8 Å². The second kappa shape index (κ2) is 16.3. The van der Waals surface area contributed by atoms with Crippen LogP contribution >= 0.6 is 0 Å². The second-order valence-corrected chi connectivity index (χ2v) is 19.0. The van der Waals surface area contributed by atoms with Crippen LogP contribution < -0.4 is 0 Å². The number of hydrogen-bond acceptors (Lipinski definition) is 7. The minimum atomic E-state index is -0.849. The molecule has 11 heteroatoms. The molecule has 1 unspecified atom stereocenters.